The van der Waals surface area contributed by atoms with Crippen molar-refractivity contribution in [1.29, 1.82) is 0 Å². The zero-order chi connectivity index (χ0) is 14.1. The maximum Gasteiger partial charge on any atom is 0.354 e. The summed E-state index contributed by atoms with van der Waals surface area (Å²) in [7, 11) is 0. The van der Waals surface area contributed by atoms with Gasteiger partial charge in [0.1, 0.15) is 5.69 Å². The fourth-order valence-corrected chi connectivity index (χ4v) is 1.52. The van der Waals surface area contributed by atoms with Crippen LogP contribution in [0, 0.1) is 0 Å². The number of carboxylic acid groups (broad SMARTS) is 1. The predicted molar refractivity (Wildman–Crippen MR) is 72.4 cm³/mol. The van der Waals surface area contributed by atoms with Gasteiger partial charge in [-0.05, 0) is 18.6 Å². The van der Waals surface area contributed by atoms with Gasteiger partial charge in [-0.3, -0.25) is 0 Å². The van der Waals surface area contributed by atoms with Crippen molar-refractivity contribution in [2.24, 2.45) is 0 Å². The first-order valence-electron chi connectivity index (χ1n) is 6.37. The maximum atomic E-state index is 11.5. The molecule has 0 bridgehead atoms. The monoisotopic (exact) mass is 265 g/mol. The highest BCUT2D eigenvalue weighted by atomic mass is 16.4. The van der Waals surface area contributed by atoms with Gasteiger partial charge < -0.3 is 15.7 Å². The molecule has 0 aromatic carbocycles. The Kier molecular flexibility index (Phi) is 6.35. The molecule has 2 amide bonds. The average molecular weight is 265 g/mol. The van der Waals surface area contributed by atoms with Gasteiger partial charge in [0.2, 0.25) is 0 Å². The number of amides is 2. The van der Waals surface area contributed by atoms with Crippen molar-refractivity contribution < 1.29 is 14.7 Å². The minimum atomic E-state index is -1.09. The number of urea groups is 1. The third kappa shape index (κ3) is 5.85. The van der Waals surface area contributed by atoms with E-state index in [1.807, 2.05) is 0 Å². The maximum absolute atomic E-state index is 11.5. The number of carbonyl (C=O) groups is 2. The number of carboxylic acids is 1. The summed E-state index contributed by atoms with van der Waals surface area (Å²) in [5.74, 6) is -1.09. The summed E-state index contributed by atoms with van der Waals surface area (Å²) in [5, 5.41) is 14.0. The first-order chi connectivity index (χ1) is 9.13. The van der Waals surface area contributed by atoms with E-state index < -0.39 is 5.97 Å². The number of nitrogens with zero attached hydrogens (tertiary/aromatic N) is 1. The van der Waals surface area contributed by atoms with Crippen molar-refractivity contribution in [3.8, 4) is 0 Å². The van der Waals surface area contributed by atoms with Crippen LogP contribution in [0.3, 0.4) is 0 Å². The molecule has 0 radical (unpaired) electrons. The molecule has 104 valence electrons. The largest absolute Gasteiger partial charge is 0.477 e. The van der Waals surface area contributed by atoms with Crippen molar-refractivity contribution in [2.45, 2.75) is 32.6 Å². The molecule has 0 fully saturated rings. The Morgan fingerprint density at radius 2 is 2.05 bits per heavy atom. The van der Waals surface area contributed by atoms with Crippen LogP contribution in [0.4, 0.5) is 10.5 Å². The smallest absolute Gasteiger partial charge is 0.354 e. The van der Waals surface area contributed by atoms with E-state index in [4.69, 9.17) is 5.11 Å². The predicted octanol–water partition coefficient (Wildman–Crippen LogP) is 2.48. The summed E-state index contributed by atoms with van der Waals surface area (Å²) in [5.41, 5.74) is 0.418. The summed E-state index contributed by atoms with van der Waals surface area (Å²) in [6.45, 7) is 2.76. The Bertz CT molecular complexity index is 418. The van der Waals surface area contributed by atoms with Crippen LogP contribution in [0.25, 0.3) is 0 Å². The van der Waals surface area contributed by atoms with Crippen LogP contribution in [0.1, 0.15) is 43.1 Å². The highest BCUT2D eigenvalue weighted by Crippen LogP contribution is 2.06. The van der Waals surface area contributed by atoms with Crippen molar-refractivity contribution in [1.82, 2.24) is 10.3 Å². The number of hydrogen-bond acceptors (Lipinski definition) is 3. The molecule has 1 aromatic heterocycles. The second-order valence-corrected chi connectivity index (χ2v) is 4.18. The molecule has 0 saturated carbocycles. The summed E-state index contributed by atoms with van der Waals surface area (Å²) < 4.78 is 0. The van der Waals surface area contributed by atoms with Crippen molar-refractivity contribution in [3.63, 3.8) is 0 Å². The number of anilines is 1. The second kappa shape index (κ2) is 8.07. The van der Waals surface area contributed by atoms with E-state index in [1.165, 1.54) is 24.8 Å². The molecule has 19 heavy (non-hydrogen) atoms. The van der Waals surface area contributed by atoms with Gasteiger partial charge in [0.25, 0.3) is 0 Å². The number of aromatic nitrogens is 1. The van der Waals surface area contributed by atoms with Crippen LogP contribution >= 0.6 is 0 Å². The quantitative estimate of drug-likeness (QED) is 0.660. The van der Waals surface area contributed by atoms with Gasteiger partial charge in [0.05, 0.1) is 11.9 Å². The second-order valence-electron chi connectivity index (χ2n) is 4.18. The molecule has 6 heteroatoms. The topological polar surface area (TPSA) is 91.3 Å². The van der Waals surface area contributed by atoms with E-state index >= 15 is 0 Å². The number of aromatic carboxylic acids is 1. The normalized spacial score (nSPS) is 9.95. The molecule has 0 spiro atoms. The molecule has 0 aliphatic rings. The van der Waals surface area contributed by atoms with E-state index in [0.29, 0.717) is 12.2 Å². The Morgan fingerprint density at radius 1 is 1.26 bits per heavy atom. The number of unbranched alkanes of at least 4 members (excludes halogenated alkanes) is 3. The molecule has 0 unspecified atom stereocenters. The lowest BCUT2D eigenvalue weighted by atomic mass is 10.2. The van der Waals surface area contributed by atoms with Gasteiger partial charge >= 0.3 is 12.0 Å². The van der Waals surface area contributed by atoms with Crippen molar-refractivity contribution in [2.75, 3.05) is 11.9 Å². The number of pyridine rings is 1. The minimum absolute atomic E-state index is 0.0504. The Morgan fingerprint density at radius 3 is 2.63 bits per heavy atom. The fourth-order valence-electron chi connectivity index (χ4n) is 1.52. The molecule has 6 nitrogen and oxygen atoms in total. The van der Waals surface area contributed by atoms with Gasteiger partial charge in [-0.25, -0.2) is 14.6 Å². The molecule has 0 aliphatic carbocycles. The first-order valence-corrected chi connectivity index (χ1v) is 6.37. The zero-order valence-electron chi connectivity index (χ0n) is 11.0. The van der Waals surface area contributed by atoms with E-state index in [-0.39, 0.29) is 11.7 Å². The zero-order valence-corrected chi connectivity index (χ0v) is 11.0. The van der Waals surface area contributed by atoms with E-state index in [1.54, 1.807) is 0 Å². The Labute approximate surface area is 112 Å². The van der Waals surface area contributed by atoms with E-state index in [9.17, 15) is 9.59 Å². The third-order valence-corrected chi connectivity index (χ3v) is 2.56. The summed E-state index contributed by atoms with van der Waals surface area (Å²) in [4.78, 5) is 25.8. The highest BCUT2D eigenvalue weighted by Gasteiger charge is 2.05. The lowest BCUT2D eigenvalue weighted by Crippen LogP contribution is -2.29. The van der Waals surface area contributed by atoms with Gasteiger partial charge in [-0.1, -0.05) is 26.2 Å². The van der Waals surface area contributed by atoms with Crippen LogP contribution in [0.5, 0.6) is 0 Å². The molecular formula is C13H19N3O3. The van der Waals surface area contributed by atoms with Crippen LogP contribution in [-0.2, 0) is 0 Å². The first kappa shape index (κ1) is 14.9. The molecule has 1 heterocycles. The molecule has 0 aliphatic heterocycles. The van der Waals surface area contributed by atoms with Crippen LogP contribution in [0.2, 0.25) is 0 Å². The fraction of sp³-hybridized carbons (Fsp3) is 0.462. The van der Waals surface area contributed by atoms with Gasteiger partial charge in [-0.2, -0.15) is 0 Å². The highest BCUT2D eigenvalue weighted by molar-refractivity contribution is 5.90. The SMILES string of the molecule is CCCCCCNC(=O)Nc1ccc(C(=O)O)nc1. The molecule has 1 aromatic rings. The summed E-state index contributed by atoms with van der Waals surface area (Å²) in [6.07, 6.45) is 5.71. The molecular weight excluding hydrogens is 246 g/mol. The average Bonchev–Trinajstić information content (AvgIpc) is 2.39. The van der Waals surface area contributed by atoms with Crippen LogP contribution in [0.15, 0.2) is 18.3 Å². The van der Waals surface area contributed by atoms with Crippen molar-refractivity contribution in [3.05, 3.63) is 24.0 Å². The Balaban J connectivity index is 2.30. The Hall–Kier alpha value is -2.11. The van der Waals surface area contributed by atoms with Crippen LogP contribution < -0.4 is 10.6 Å². The van der Waals surface area contributed by atoms with Gasteiger partial charge in [-0.15, -0.1) is 0 Å². The minimum Gasteiger partial charge on any atom is -0.477 e. The molecule has 1 rings (SSSR count). The standard InChI is InChI=1S/C13H19N3O3/c1-2-3-4-5-8-14-13(19)16-10-6-7-11(12(17)18)15-9-10/h6-7,9H,2-5,8H2,1H3,(H,17,18)(H2,14,16,19). The lowest BCUT2D eigenvalue weighted by molar-refractivity contribution is 0.0690. The molecule has 0 atom stereocenters. The van der Waals surface area contributed by atoms with E-state index in [0.717, 1.165) is 19.3 Å². The number of carbonyl (C=O) groups excluding carboxylic acids is 1. The van der Waals surface area contributed by atoms with Crippen LogP contribution in [-0.4, -0.2) is 28.6 Å². The summed E-state index contributed by atoms with van der Waals surface area (Å²) in [6, 6.07) is 2.55. The number of rotatable bonds is 7. The summed E-state index contributed by atoms with van der Waals surface area (Å²) >= 11 is 0. The lowest BCUT2D eigenvalue weighted by Gasteiger charge is -2.07. The third-order valence-electron chi connectivity index (χ3n) is 2.56. The molecule has 0 saturated heterocycles. The van der Waals surface area contributed by atoms with Gasteiger partial charge in [0, 0.05) is 6.54 Å². The number of nitrogens with one attached hydrogen (secondary N) is 2. The molecule has 3 N–H and O–H groups in total. The van der Waals surface area contributed by atoms with Gasteiger partial charge in [0.15, 0.2) is 0 Å². The van der Waals surface area contributed by atoms with Crippen molar-refractivity contribution >= 4 is 17.7 Å². The van der Waals surface area contributed by atoms with E-state index in [2.05, 4.69) is 22.5 Å². The number of hydrogen-bond donors (Lipinski definition) is 3.